The van der Waals surface area contributed by atoms with E-state index < -0.39 is 10.2 Å². The third-order valence-corrected chi connectivity index (χ3v) is 5.25. The van der Waals surface area contributed by atoms with Gasteiger partial charge in [-0.1, -0.05) is 11.6 Å². The van der Waals surface area contributed by atoms with E-state index in [0.717, 1.165) is 13.5 Å². The van der Waals surface area contributed by atoms with Crippen molar-refractivity contribution in [3.8, 4) is 6.07 Å². The van der Waals surface area contributed by atoms with Gasteiger partial charge in [0.2, 0.25) is 0 Å². The van der Waals surface area contributed by atoms with E-state index in [-0.39, 0.29) is 13.1 Å². The lowest BCUT2D eigenvalue weighted by molar-refractivity contribution is 0.398. The van der Waals surface area contributed by atoms with E-state index in [0.29, 0.717) is 5.02 Å². The number of thiophene rings is 1. The zero-order valence-corrected chi connectivity index (χ0v) is 11.8. The second-order valence-corrected chi connectivity index (χ2v) is 6.96. The summed E-state index contributed by atoms with van der Waals surface area (Å²) in [6, 6.07) is 3.55. The Labute approximate surface area is 110 Å². The molecule has 0 saturated heterocycles. The SMILES string of the molecule is CN(C)S(=O)(=O)N(CC#N)Cc1sccc1Cl. The molecule has 1 aromatic rings. The van der Waals surface area contributed by atoms with Gasteiger partial charge in [-0.05, 0) is 11.4 Å². The molecule has 0 unspecified atom stereocenters. The van der Waals surface area contributed by atoms with E-state index in [1.165, 1.54) is 25.4 Å². The van der Waals surface area contributed by atoms with Crippen LogP contribution in [-0.2, 0) is 16.8 Å². The first-order valence-corrected chi connectivity index (χ1v) is 7.31. The van der Waals surface area contributed by atoms with Crippen molar-refractivity contribution >= 4 is 33.1 Å². The van der Waals surface area contributed by atoms with Gasteiger partial charge in [-0.2, -0.15) is 22.3 Å². The fraction of sp³-hybridized carbons (Fsp3) is 0.444. The minimum atomic E-state index is -3.60. The Morgan fingerprint density at radius 2 is 2.18 bits per heavy atom. The Balaban J connectivity index is 2.97. The van der Waals surface area contributed by atoms with Gasteiger partial charge in [-0.3, -0.25) is 0 Å². The molecule has 5 nitrogen and oxygen atoms in total. The monoisotopic (exact) mass is 293 g/mol. The third-order valence-electron chi connectivity index (χ3n) is 2.05. The van der Waals surface area contributed by atoms with Crippen LogP contribution in [0, 0.1) is 11.3 Å². The quantitative estimate of drug-likeness (QED) is 0.774. The molecule has 0 spiro atoms. The van der Waals surface area contributed by atoms with Gasteiger partial charge in [-0.15, -0.1) is 11.3 Å². The highest BCUT2D eigenvalue weighted by Gasteiger charge is 2.25. The number of halogens is 1. The van der Waals surface area contributed by atoms with Gasteiger partial charge in [0.25, 0.3) is 10.2 Å². The molecule has 8 heteroatoms. The topological polar surface area (TPSA) is 64.4 Å². The van der Waals surface area contributed by atoms with Gasteiger partial charge in [-0.25, -0.2) is 0 Å². The standard InChI is InChI=1S/C9H12ClN3O2S2/c1-12(2)17(14,15)13(5-4-11)7-9-8(10)3-6-16-9/h3,6H,5,7H2,1-2H3. The highest BCUT2D eigenvalue weighted by molar-refractivity contribution is 7.86. The van der Waals surface area contributed by atoms with E-state index in [2.05, 4.69) is 0 Å². The highest BCUT2D eigenvalue weighted by atomic mass is 35.5. The summed E-state index contributed by atoms with van der Waals surface area (Å²) in [4.78, 5) is 0.729. The van der Waals surface area contributed by atoms with Crippen molar-refractivity contribution in [3.63, 3.8) is 0 Å². The van der Waals surface area contributed by atoms with Crippen molar-refractivity contribution in [1.29, 1.82) is 5.26 Å². The molecule has 0 bridgehead atoms. The summed E-state index contributed by atoms with van der Waals surface area (Å²) >= 11 is 7.27. The summed E-state index contributed by atoms with van der Waals surface area (Å²) in [6.45, 7) is -0.0840. The van der Waals surface area contributed by atoms with Gasteiger partial charge in [0.15, 0.2) is 0 Å². The fourth-order valence-electron chi connectivity index (χ4n) is 1.13. The van der Waals surface area contributed by atoms with Gasteiger partial charge < -0.3 is 0 Å². The van der Waals surface area contributed by atoms with Crippen molar-refractivity contribution in [3.05, 3.63) is 21.3 Å². The van der Waals surface area contributed by atoms with Crippen LogP contribution in [-0.4, -0.2) is 37.7 Å². The number of hydrogen-bond donors (Lipinski definition) is 0. The number of rotatable bonds is 5. The predicted molar refractivity (Wildman–Crippen MR) is 68.0 cm³/mol. The maximum Gasteiger partial charge on any atom is 0.282 e. The first-order chi connectivity index (χ1) is 7.89. The van der Waals surface area contributed by atoms with E-state index in [9.17, 15) is 8.42 Å². The molecule has 0 atom stereocenters. The van der Waals surface area contributed by atoms with Crippen molar-refractivity contribution in [2.24, 2.45) is 0 Å². The minimum absolute atomic E-state index is 0.116. The summed E-state index contributed by atoms with van der Waals surface area (Å²) in [5.74, 6) is 0. The van der Waals surface area contributed by atoms with E-state index >= 15 is 0 Å². The molecule has 0 aliphatic heterocycles. The van der Waals surface area contributed by atoms with Crippen LogP contribution in [0.3, 0.4) is 0 Å². The lowest BCUT2D eigenvalue weighted by Crippen LogP contribution is -2.39. The van der Waals surface area contributed by atoms with Crippen molar-refractivity contribution in [2.45, 2.75) is 6.54 Å². The zero-order chi connectivity index (χ0) is 13.1. The van der Waals surface area contributed by atoms with Crippen LogP contribution >= 0.6 is 22.9 Å². The predicted octanol–water partition coefficient (Wildman–Crippen LogP) is 1.53. The van der Waals surface area contributed by atoms with Gasteiger partial charge in [0, 0.05) is 19.0 Å². The van der Waals surface area contributed by atoms with Crippen molar-refractivity contribution in [1.82, 2.24) is 8.61 Å². The molecule has 1 rings (SSSR count). The Kier molecular flexibility index (Phi) is 4.91. The molecule has 17 heavy (non-hydrogen) atoms. The first-order valence-electron chi connectivity index (χ1n) is 4.66. The van der Waals surface area contributed by atoms with Crippen molar-refractivity contribution in [2.75, 3.05) is 20.6 Å². The molecular weight excluding hydrogens is 282 g/mol. The second-order valence-electron chi connectivity index (χ2n) is 3.41. The maximum atomic E-state index is 11.9. The van der Waals surface area contributed by atoms with E-state index in [1.807, 2.05) is 6.07 Å². The number of nitriles is 1. The molecule has 0 fully saturated rings. The van der Waals surface area contributed by atoms with Gasteiger partial charge >= 0.3 is 0 Å². The lowest BCUT2D eigenvalue weighted by Gasteiger charge is -2.22. The van der Waals surface area contributed by atoms with Crippen LogP contribution in [0.2, 0.25) is 5.02 Å². The fourth-order valence-corrected chi connectivity index (χ4v) is 3.29. The molecule has 0 saturated carbocycles. The van der Waals surface area contributed by atoms with Crippen molar-refractivity contribution < 1.29 is 8.42 Å². The van der Waals surface area contributed by atoms with Gasteiger partial charge in [0.05, 0.1) is 17.6 Å². The molecule has 0 aliphatic rings. The molecule has 0 N–H and O–H groups in total. The van der Waals surface area contributed by atoms with Crippen LogP contribution in [0.4, 0.5) is 0 Å². The zero-order valence-electron chi connectivity index (χ0n) is 9.42. The molecule has 0 radical (unpaired) electrons. The summed E-state index contributed by atoms with van der Waals surface area (Å²) in [5.41, 5.74) is 0. The minimum Gasteiger partial charge on any atom is -0.197 e. The van der Waals surface area contributed by atoms with Crippen LogP contribution in [0.1, 0.15) is 4.88 Å². The number of hydrogen-bond acceptors (Lipinski definition) is 4. The molecule has 0 aliphatic carbocycles. The van der Waals surface area contributed by atoms with Crippen LogP contribution < -0.4 is 0 Å². The van der Waals surface area contributed by atoms with Crippen LogP contribution in [0.15, 0.2) is 11.4 Å². The average Bonchev–Trinajstić information content (AvgIpc) is 2.63. The Hall–Kier alpha value is -0.650. The Morgan fingerprint density at radius 3 is 2.59 bits per heavy atom. The van der Waals surface area contributed by atoms with Crippen LogP contribution in [0.5, 0.6) is 0 Å². The Bertz CT molecular complexity index is 519. The van der Waals surface area contributed by atoms with E-state index in [1.54, 1.807) is 11.4 Å². The van der Waals surface area contributed by atoms with Gasteiger partial charge in [0.1, 0.15) is 6.54 Å². The number of nitrogens with zero attached hydrogens (tertiary/aromatic N) is 3. The average molecular weight is 294 g/mol. The first kappa shape index (κ1) is 14.4. The largest absolute Gasteiger partial charge is 0.282 e. The lowest BCUT2D eigenvalue weighted by atomic mass is 10.4. The highest BCUT2D eigenvalue weighted by Crippen LogP contribution is 2.24. The Morgan fingerprint density at radius 1 is 1.53 bits per heavy atom. The second kappa shape index (κ2) is 5.80. The normalized spacial score (nSPS) is 12.0. The smallest absolute Gasteiger partial charge is 0.197 e. The molecule has 0 amide bonds. The molecule has 94 valence electrons. The third kappa shape index (κ3) is 3.40. The molecule has 1 heterocycles. The maximum absolute atomic E-state index is 11.9. The molecular formula is C9H12ClN3O2S2. The summed E-state index contributed by atoms with van der Waals surface area (Å²) in [5, 5.41) is 11.0. The summed E-state index contributed by atoms with van der Waals surface area (Å²) < 4.78 is 26.0. The molecule has 0 aromatic carbocycles. The molecule has 1 aromatic heterocycles. The van der Waals surface area contributed by atoms with E-state index in [4.69, 9.17) is 16.9 Å². The van der Waals surface area contributed by atoms with Crippen LogP contribution in [0.25, 0.3) is 0 Å². The summed E-state index contributed by atoms with van der Waals surface area (Å²) in [7, 11) is -0.749. The summed E-state index contributed by atoms with van der Waals surface area (Å²) in [6.07, 6.45) is 0.